The lowest BCUT2D eigenvalue weighted by molar-refractivity contribution is -0.128. The van der Waals surface area contributed by atoms with Gasteiger partial charge in [0.2, 0.25) is 5.09 Å². The molecule has 1 aliphatic rings. The Morgan fingerprint density at radius 1 is 1.41 bits per heavy atom. The van der Waals surface area contributed by atoms with Gasteiger partial charge in [-0.2, -0.15) is 8.42 Å². The Morgan fingerprint density at radius 3 is 2.64 bits per heavy atom. The molecule has 1 saturated heterocycles. The fourth-order valence-corrected chi connectivity index (χ4v) is 2.37. The van der Waals surface area contributed by atoms with Crippen LogP contribution in [0.3, 0.4) is 0 Å². The Balaban J connectivity index is 2.39. The molecule has 0 saturated carbocycles. The molecule has 2 rings (SSSR count). The minimum absolute atomic E-state index is 0.0508. The number of amides is 2. The minimum atomic E-state index is -4.50. The summed E-state index contributed by atoms with van der Waals surface area (Å²) in [6.45, 7) is 3.58. The van der Waals surface area contributed by atoms with Gasteiger partial charge in [0.1, 0.15) is 11.3 Å². The van der Waals surface area contributed by atoms with Crippen LogP contribution in [0, 0.1) is 0 Å². The number of nitrogens with zero attached hydrogens (tertiary/aromatic N) is 1. The van der Waals surface area contributed by atoms with Gasteiger partial charge in [0.25, 0.3) is 11.8 Å². The van der Waals surface area contributed by atoms with Gasteiger partial charge in [0, 0.05) is 6.54 Å². The summed E-state index contributed by atoms with van der Waals surface area (Å²) in [4.78, 5) is 25.1. The van der Waals surface area contributed by atoms with Crippen LogP contribution in [0.4, 0.5) is 0 Å². The van der Waals surface area contributed by atoms with E-state index in [0.717, 1.165) is 17.0 Å². The summed E-state index contributed by atoms with van der Waals surface area (Å²) in [5, 5.41) is 1.58. The molecule has 116 valence electrons. The molecule has 1 fully saturated rings. The number of hydrogen-bond donors (Lipinski definition) is 2. The highest BCUT2D eigenvalue weighted by Crippen LogP contribution is 2.19. The van der Waals surface area contributed by atoms with Crippen molar-refractivity contribution >= 4 is 45.3 Å². The van der Waals surface area contributed by atoms with Crippen molar-refractivity contribution in [1.82, 2.24) is 10.2 Å². The second-order valence-corrected chi connectivity index (χ2v) is 5.89. The Labute approximate surface area is 130 Å². The average Bonchev–Trinajstić information content (AvgIpc) is 2.88. The minimum Gasteiger partial charge on any atom is -0.443 e. The van der Waals surface area contributed by atoms with E-state index in [2.05, 4.69) is 11.9 Å². The van der Waals surface area contributed by atoms with Crippen molar-refractivity contribution in [2.45, 2.75) is 5.09 Å². The molecule has 2 amide bonds. The summed E-state index contributed by atoms with van der Waals surface area (Å²) in [7, 11) is -4.50. The van der Waals surface area contributed by atoms with E-state index in [4.69, 9.17) is 21.2 Å². The van der Waals surface area contributed by atoms with Gasteiger partial charge in [-0.15, -0.1) is 6.58 Å². The van der Waals surface area contributed by atoms with Crippen LogP contribution in [0.15, 0.2) is 39.9 Å². The maximum atomic E-state index is 12.2. The lowest BCUT2D eigenvalue weighted by atomic mass is 10.1. The Bertz CT molecular complexity index is 805. The zero-order valence-electron chi connectivity index (χ0n) is 11.0. The maximum Gasteiger partial charge on any atom is 0.328 e. The van der Waals surface area contributed by atoms with Crippen molar-refractivity contribution in [3.63, 3.8) is 0 Å². The monoisotopic (exact) mass is 342 g/mol. The first-order chi connectivity index (χ1) is 10.2. The largest absolute Gasteiger partial charge is 0.443 e. The summed E-state index contributed by atoms with van der Waals surface area (Å²) >= 11 is 4.88. The number of carbonyl (C=O) groups excluding carboxylic acids is 2. The molecule has 2 heterocycles. The third-order valence-corrected chi connectivity index (χ3v) is 3.69. The van der Waals surface area contributed by atoms with Gasteiger partial charge in [-0.05, 0) is 30.4 Å². The van der Waals surface area contributed by atoms with Crippen LogP contribution in [-0.2, 0) is 19.7 Å². The van der Waals surface area contributed by atoms with E-state index in [1.165, 1.54) is 12.1 Å². The molecule has 8 nitrogen and oxygen atoms in total. The Morgan fingerprint density at radius 2 is 2.09 bits per heavy atom. The van der Waals surface area contributed by atoms with E-state index < -0.39 is 27.0 Å². The molecule has 1 aromatic rings. The molecule has 0 aromatic carbocycles. The molecule has 0 atom stereocenters. The topological polar surface area (TPSA) is 117 Å². The molecule has 10 heteroatoms. The standard InChI is InChI=1S/C12H10N2O6S2/c1-2-5-14-11(16)8(10(15)13-12(14)21)6-7-3-4-9(20-7)22(17,18)19/h2-4,6H,1,5H2,(H,13,15,21)(H,17,18,19)/b8-6+. The van der Waals surface area contributed by atoms with Gasteiger partial charge < -0.3 is 4.42 Å². The Kier molecular flexibility index (Phi) is 4.26. The molecule has 0 aliphatic carbocycles. The first-order valence-corrected chi connectivity index (χ1v) is 7.66. The highest BCUT2D eigenvalue weighted by molar-refractivity contribution is 7.85. The number of nitrogens with one attached hydrogen (secondary N) is 1. The zero-order chi connectivity index (χ0) is 16.5. The molecule has 0 spiro atoms. The number of rotatable bonds is 4. The third kappa shape index (κ3) is 3.13. The number of furan rings is 1. The zero-order valence-corrected chi connectivity index (χ0v) is 12.6. The SMILES string of the molecule is C=CCN1C(=O)/C(=C/c2ccc(S(=O)(=O)O)o2)C(=O)NC1=S. The van der Waals surface area contributed by atoms with Crippen molar-refractivity contribution in [1.29, 1.82) is 0 Å². The first-order valence-electron chi connectivity index (χ1n) is 5.81. The van der Waals surface area contributed by atoms with Crippen molar-refractivity contribution in [3.8, 4) is 0 Å². The van der Waals surface area contributed by atoms with Crippen molar-refractivity contribution < 1.29 is 27.0 Å². The van der Waals surface area contributed by atoms with Crippen LogP contribution in [0.25, 0.3) is 6.08 Å². The quantitative estimate of drug-likeness (QED) is 0.266. The van der Waals surface area contributed by atoms with Gasteiger partial charge in [-0.3, -0.25) is 24.4 Å². The van der Waals surface area contributed by atoms with Crippen LogP contribution in [0.5, 0.6) is 0 Å². The second kappa shape index (κ2) is 5.83. The molecule has 0 radical (unpaired) electrons. The number of carbonyl (C=O) groups is 2. The predicted molar refractivity (Wildman–Crippen MR) is 79.2 cm³/mol. The molecule has 0 bridgehead atoms. The lowest BCUT2D eigenvalue weighted by Gasteiger charge is -2.27. The molecule has 1 aliphatic heterocycles. The van der Waals surface area contributed by atoms with Gasteiger partial charge >= 0.3 is 10.1 Å². The van der Waals surface area contributed by atoms with E-state index in [1.807, 2.05) is 0 Å². The van der Waals surface area contributed by atoms with Gasteiger partial charge in [-0.25, -0.2) is 0 Å². The summed E-state index contributed by atoms with van der Waals surface area (Å²) in [6.07, 6.45) is 2.49. The van der Waals surface area contributed by atoms with Crippen LogP contribution in [-0.4, -0.2) is 41.3 Å². The molecule has 2 N–H and O–H groups in total. The molecular weight excluding hydrogens is 332 g/mol. The smallest absolute Gasteiger partial charge is 0.328 e. The van der Waals surface area contributed by atoms with Crippen LogP contribution in [0.1, 0.15) is 5.76 Å². The molecular formula is C12H10N2O6S2. The van der Waals surface area contributed by atoms with E-state index in [9.17, 15) is 18.0 Å². The van der Waals surface area contributed by atoms with Crippen molar-refractivity contribution in [2.24, 2.45) is 0 Å². The van der Waals surface area contributed by atoms with Crippen LogP contribution < -0.4 is 5.32 Å². The van der Waals surface area contributed by atoms with Gasteiger partial charge in [-0.1, -0.05) is 6.08 Å². The summed E-state index contributed by atoms with van der Waals surface area (Å²) in [5.74, 6) is -1.49. The highest BCUT2D eigenvalue weighted by Gasteiger charge is 2.33. The van der Waals surface area contributed by atoms with E-state index in [1.54, 1.807) is 0 Å². The van der Waals surface area contributed by atoms with Crippen molar-refractivity contribution in [3.05, 3.63) is 36.1 Å². The third-order valence-electron chi connectivity index (χ3n) is 2.64. The number of thiocarbonyl (C=S) groups is 1. The Hall–Kier alpha value is -2.30. The van der Waals surface area contributed by atoms with Crippen LogP contribution in [0.2, 0.25) is 0 Å². The molecule has 0 unspecified atom stereocenters. The number of hydrogen-bond acceptors (Lipinski definition) is 6. The van der Waals surface area contributed by atoms with E-state index >= 15 is 0 Å². The summed E-state index contributed by atoms with van der Waals surface area (Å²) in [6, 6.07) is 2.19. The summed E-state index contributed by atoms with van der Waals surface area (Å²) in [5.41, 5.74) is -0.285. The highest BCUT2D eigenvalue weighted by atomic mass is 32.2. The molecule has 1 aromatic heterocycles. The van der Waals surface area contributed by atoms with Crippen molar-refractivity contribution in [2.75, 3.05) is 6.54 Å². The predicted octanol–water partition coefficient (Wildman–Crippen LogP) is 0.339. The van der Waals surface area contributed by atoms with Gasteiger partial charge in [0.15, 0.2) is 5.11 Å². The lowest BCUT2D eigenvalue weighted by Crippen LogP contribution is -2.53. The summed E-state index contributed by atoms with van der Waals surface area (Å²) < 4.78 is 35.5. The normalized spacial score (nSPS) is 17.8. The fourth-order valence-electron chi connectivity index (χ4n) is 1.68. The fraction of sp³-hybridized carbons (Fsp3) is 0.0833. The average molecular weight is 342 g/mol. The second-order valence-electron chi connectivity index (χ2n) is 4.15. The molecule has 22 heavy (non-hydrogen) atoms. The van der Waals surface area contributed by atoms with Gasteiger partial charge in [0.05, 0.1) is 0 Å². The van der Waals surface area contributed by atoms with E-state index in [-0.39, 0.29) is 23.0 Å². The maximum absolute atomic E-state index is 12.2. The first kappa shape index (κ1) is 16.1. The van der Waals surface area contributed by atoms with Crippen LogP contribution >= 0.6 is 12.2 Å². The van der Waals surface area contributed by atoms with E-state index in [0.29, 0.717) is 0 Å².